The smallest absolute Gasteiger partial charge is 0.318 e. The number of aromatic nitrogens is 3. The highest BCUT2D eigenvalue weighted by molar-refractivity contribution is 5.93. The van der Waals surface area contributed by atoms with Crippen LogP contribution in [0, 0.1) is 12.5 Å². The average Bonchev–Trinajstić information content (AvgIpc) is 3.35. The lowest BCUT2D eigenvalue weighted by molar-refractivity contribution is 0.187. The molecule has 6 rings (SSSR count). The second-order valence-corrected chi connectivity index (χ2v) is 10.7. The lowest BCUT2D eigenvalue weighted by Gasteiger charge is -2.36. The van der Waals surface area contributed by atoms with Crippen LogP contribution in [0.25, 0.3) is 15.6 Å². The SMILES string of the molecule is [C-]#[N+]CC1CCCN(c2nc(OC[C@@H]3CCCN3C)nc3c2CCN(c2cncc4ccccc24)C3)C1. The van der Waals surface area contributed by atoms with Gasteiger partial charge in [0.05, 0.1) is 24.1 Å². The molecule has 0 saturated carbocycles. The molecule has 3 aromatic rings. The number of rotatable bonds is 6. The predicted octanol–water partition coefficient (Wildman–Crippen LogP) is 4.20. The quantitative estimate of drug-likeness (QED) is 0.473. The number of hydrogen-bond acceptors (Lipinski definition) is 7. The van der Waals surface area contributed by atoms with E-state index in [-0.39, 0.29) is 0 Å². The second-order valence-electron chi connectivity index (χ2n) is 10.7. The number of anilines is 2. The van der Waals surface area contributed by atoms with E-state index < -0.39 is 0 Å². The van der Waals surface area contributed by atoms with Crippen LogP contribution in [0.1, 0.15) is 36.9 Å². The lowest BCUT2D eigenvalue weighted by Crippen LogP contribution is -2.39. The fourth-order valence-electron chi connectivity index (χ4n) is 6.17. The molecule has 0 radical (unpaired) electrons. The Labute approximate surface area is 219 Å². The molecule has 0 amide bonds. The first-order valence-corrected chi connectivity index (χ1v) is 13.6. The van der Waals surface area contributed by atoms with Crippen LogP contribution in [0.2, 0.25) is 0 Å². The molecular formula is C29H35N7O. The van der Waals surface area contributed by atoms with Crippen molar-refractivity contribution in [2.24, 2.45) is 5.92 Å². The van der Waals surface area contributed by atoms with Gasteiger partial charge in [0.25, 0.3) is 0 Å². The van der Waals surface area contributed by atoms with E-state index in [4.69, 9.17) is 21.3 Å². The van der Waals surface area contributed by atoms with E-state index in [1.165, 1.54) is 17.4 Å². The number of piperidine rings is 1. The van der Waals surface area contributed by atoms with Gasteiger partial charge in [-0.2, -0.15) is 9.97 Å². The molecule has 5 heterocycles. The molecule has 192 valence electrons. The van der Waals surface area contributed by atoms with E-state index in [1.54, 1.807) is 0 Å². The summed E-state index contributed by atoms with van der Waals surface area (Å²) in [5.41, 5.74) is 3.43. The summed E-state index contributed by atoms with van der Waals surface area (Å²) in [6.07, 6.45) is 9.36. The van der Waals surface area contributed by atoms with Gasteiger partial charge >= 0.3 is 6.01 Å². The van der Waals surface area contributed by atoms with Crippen molar-refractivity contribution in [2.75, 3.05) is 56.2 Å². The molecule has 2 fully saturated rings. The minimum Gasteiger partial charge on any atom is -0.462 e. The molecule has 0 spiro atoms. The average molecular weight is 498 g/mol. The van der Waals surface area contributed by atoms with Crippen LogP contribution in [0.15, 0.2) is 36.7 Å². The summed E-state index contributed by atoms with van der Waals surface area (Å²) in [5.74, 6) is 1.42. The summed E-state index contributed by atoms with van der Waals surface area (Å²) in [6, 6.07) is 9.34. The van der Waals surface area contributed by atoms with Crippen LogP contribution in [-0.2, 0) is 13.0 Å². The third-order valence-corrected chi connectivity index (χ3v) is 8.25. The molecule has 0 bridgehead atoms. The summed E-state index contributed by atoms with van der Waals surface area (Å²) in [7, 11) is 2.17. The van der Waals surface area contributed by atoms with Crippen molar-refractivity contribution in [3.05, 3.63) is 59.3 Å². The molecule has 3 aliphatic rings. The van der Waals surface area contributed by atoms with Crippen molar-refractivity contribution >= 4 is 22.3 Å². The molecular weight excluding hydrogens is 462 g/mol. The molecule has 8 heteroatoms. The molecule has 1 unspecified atom stereocenters. The van der Waals surface area contributed by atoms with Gasteiger partial charge in [-0.25, -0.2) is 6.57 Å². The zero-order chi connectivity index (χ0) is 25.2. The normalized spacial score (nSPS) is 22.2. The van der Waals surface area contributed by atoms with Gasteiger partial charge in [0.1, 0.15) is 12.4 Å². The number of likely N-dealkylation sites (tertiary alicyclic amines) is 1. The Bertz CT molecular complexity index is 1300. The molecule has 2 aromatic heterocycles. The van der Waals surface area contributed by atoms with Crippen LogP contribution in [0.4, 0.5) is 11.5 Å². The van der Waals surface area contributed by atoms with Crippen LogP contribution < -0.4 is 14.5 Å². The van der Waals surface area contributed by atoms with E-state index in [0.717, 1.165) is 74.4 Å². The number of benzene rings is 1. The Hall–Kier alpha value is -3.44. The van der Waals surface area contributed by atoms with Crippen molar-refractivity contribution in [1.29, 1.82) is 0 Å². The minimum atomic E-state index is 0.398. The Morgan fingerprint density at radius 2 is 1.95 bits per heavy atom. The van der Waals surface area contributed by atoms with Gasteiger partial charge in [-0.15, -0.1) is 0 Å². The highest BCUT2D eigenvalue weighted by Crippen LogP contribution is 2.35. The number of pyridine rings is 1. The molecule has 0 N–H and O–H groups in total. The van der Waals surface area contributed by atoms with Crippen molar-refractivity contribution in [3.63, 3.8) is 0 Å². The Kier molecular flexibility index (Phi) is 6.79. The van der Waals surface area contributed by atoms with Crippen LogP contribution in [-0.4, -0.2) is 72.3 Å². The molecule has 8 nitrogen and oxygen atoms in total. The van der Waals surface area contributed by atoms with E-state index in [2.05, 4.69) is 55.8 Å². The molecule has 37 heavy (non-hydrogen) atoms. The molecule has 2 saturated heterocycles. The van der Waals surface area contributed by atoms with Crippen molar-refractivity contribution in [1.82, 2.24) is 19.9 Å². The van der Waals surface area contributed by atoms with Gasteiger partial charge in [-0.05, 0) is 45.7 Å². The number of ether oxygens (including phenoxy) is 1. The second kappa shape index (κ2) is 10.5. The molecule has 3 aliphatic heterocycles. The third-order valence-electron chi connectivity index (χ3n) is 8.25. The van der Waals surface area contributed by atoms with Crippen LogP contribution in [0.5, 0.6) is 6.01 Å². The van der Waals surface area contributed by atoms with Gasteiger partial charge in [-0.1, -0.05) is 24.3 Å². The standard InChI is InChI=1S/C29H35N7O/c1-30-15-21-7-5-13-36(18-21)28-25-11-14-35(27-17-31-16-22-8-3-4-10-24(22)27)19-26(25)32-29(33-28)37-20-23-9-6-12-34(23)2/h3-4,8,10,16-17,21,23H,5-7,9,11-15,18-20H2,2H3/t21?,23-/m0/s1. The molecule has 0 aliphatic carbocycles. The summed E-state index contributed by atoms with van der Waals surface area (Å²) in [4.78, 5) is 25.3. The predicted molar refractivity (Wildman–Crippen MR) is 146 cm³/mol. The Morgan fingerprint density at radius 1 is 1.05 bits per heavy atom. The van der Waals surface area contributed by atoms with E-state index in [0.29, 0.717) is 37.7 Å². The van der Waals surface area contributed by atoms with E-state index in [9.17, 15) is 0 Å². The van der Waals surface area contributed by atoms with Crippen LogP contribution in [0.3, 0.4) is 0 Å². The summed E-state index contributed by atoms with van der Waals surface area (Å²) in [5, 5.41) is 2.37. The van der Waals surface area contributed by atoms with Gasteiger partial charge in [0, 0.05) is 54.1 Å². The number of likely N-dealkylation sites (N-methyl/N-ethyl adjacent to an activating group) is 1. The molecule has 1 aromatic carbocycles. The van der Waals surface area contributed by atoms with E-state index >= 15 is 0 Å². The minimum absolute atomic E-state index is 0.398. The number of nitrogens with zero attached hydrogens (tertiary/aromatic N) is 7. The maximum Gasteiger partial charge on any atom is 0.318 e. The van der Waals surface area contributed by atoms with Gasteiger partial charge in [-0.3, -0.25) is 4.98 Å². The number of hydrogen-bond donors (Lipinski definition) is 0. The topological polar surface area (TPSA) is 62.0 Å². The first-order valence-electron chi connectivity index (χ1n) is 13.6. The van der Waals surface area contributed by atoms with Gasteiger partial charge in [0.15, 0.2) is 0 Å². The highest BCUT2D eigenvalue weighted by atomic mass is 16.5. The van der Waals surface area contributed by atoms with Crippen molar-refractivity contribution in [2.45, 2.75) is 44.7 Å². The number of fused-ring (bicyclic) bond motifs is 2. The summed E-state index contributed by atoms with van der Waals surface area (Å²) in [6.45, 7) is 13.1. The Balaban J connectivity index is 1.32. The monoisotopic (exact) mass is 497 g/mol. The fourth-order valence-corrected chi connectivity index (χ4v) is 6.17. The Morgan fingerprint density at radius 3 is 2.81 bits per heavy atom. The maximum atomic E-state index is 7.36. The van der Waals surface area contributed by atoms with Gasteiger partial charge in [0.2, 0.25) is 6.54 Å². The van der Waals surface area contributed by atoms with Gasteiger partial charge < -0.3 is 24.3 Å². The fraction of sp³-hybridized carbons (Fsp3) is 0.517. The maximum absolute atomic E-state index is 7.36. The summed E-state index contributed by atoms with van der Waals surface area (Å²) >= 11 is 0. The first kappa shape index (κ1) is 23.9. The largest absolute Gasteiger partial charge is 0.462 e. The lowest BCUT2D eigenvalue weighted by atomic mass is 9.96. The zero-order valence-corrected chi connectivity index (χ0v) is 21.6. The summed E-state index contributed by atoms with van der Waals surface area (Å²) < 4.78 is 6.27. The molecule has 2 atom stereocenters. The highest BCUT2D eigenvalue weighted by Gasteiger charge is 2.30. The van der Waals surface area contributed by atoms with E-state index in [1.807, 2.05) is 12.4 Å². The van der Waals surface area contributed by atoms with Crippen LogP contribution >= 0.6 is 0 Å². The zero-order valence-electron chi connectivity index (χ0n) is 21.6. The van der Waals surface area contributed by atoms with Crippen molar-refractivity contribution < 1.29 is 4.74 Å². The third kappa shape index (κ3) is 4.93. The van der Waals surface area contributed by atoms with Crippen molar-refractivity contribution in [3.8, 4) is 6.01 Å². The first-order chi connectivity index (χ1) is 18.2.